The van der Waals surface area contributed by atoms with E-state index >= 15 is 0 Å². The molecule has 32 heavy (non-hydrogen) atoms. The first-order valence-electron chi connectivity index (χ1n) is 9.38. The molecule has 4 rings (SSSR count). The first-order valence-corrected chi connectivity index (χ1v) is 10.9. The van der Waals surface area contributed by atoms with Gasteiger partial charge in [0.1, 0.15) is 22.7 Å². The van der Waals surface area contributed by atoms with Crippen LogP contribution in [0, 0.1) is 18.3 Å². The van der Waals surface area contributed by atoms with Crippen LogP contribution in [0.5, 0.6) is 0 Å². The van der Waals surface area contributed by atoms with E-state index in [9.17, 15) is 26.9 Å². The summed E-state index contributed by atoms with van der Waals surface area (Å²) in [4.78, 5) is 8.19. The average molecular weight is 459 g/mol. The second kappa shape index (κ2) is 7.58. The summed E-state index contributed by atoms with van der Waals surface area (Å²) in [6.07, 6.45) is 3.39. The third-order valence-electron chi connectivity index (χ3n) is 4.96. The van der Waals surface area contributed by atoms with Gasteiger partial charge in [-0.05, 0) is 49.8 Å². The Kier molecular flexibility index (Phi) is 5.15. The molecule has 0 bridgehead atoms. The van der Waals surface area contributed by atoms with E-state index in [1.165, 1.54) is 6.07 Å². The molecule has 0 aromatic carbocycles. The first-order chi connectivity index (χ1) is 15.0. The van der Waals surface area contributed by atoms with Gasteiger partial charge in [0.15, 0.2) is 0 Å². The van der Waals surface area contributed by atoms with Gasteiger partial charge in [-0.3, -0.25) is 9.55 Å². The number of nitrogens with one attached hydrogen (secondary N) is 1. The van der Waals surface area contributed by atoms with Gasteiger partial charge >= 0.3 is 6.18 Å². The van der Waals surface area contributed by atoms with Crippen LogP contribution in [-0.2, 0) is 10.0 Å². The van der Waals surface area contributed by atoms with E-state index in [4.69, 9.17) is 0 Å². The molecule has 3 aromatic heterocycles. The third-order valence-corrected chi connectivity index (χ3v) is 6.49. The number of nitrogens with zero attached hydrogens (tertiary/aromatic N) is 4. The number of hydrogen-bond donors (Lipinski definition) is 1. The molecule has 3 aromatic rings. The Morgan fingerprint density at radius 1 is 1.22 bits per heavy atom. The summed E-state index contributed by atoms with van der Waals surface area (Å²) < 4.78 is 66.3. The van der Waals surface area contributed by atoms with E-state index in [-0.39, 0.29) is 5.69 Å². The number of nitriles is 1. The van der Waals surface area contributed by atoms with Crippen LogP contribution >= 0.6 is 0 Å². The van der Waals surface area contributed by atoms with Gasteiger partial charge in [-0.2, -0.15) is 23.2 Å². The molecule has 11 heteroatoms. The molecule has 7 nitrogen and oxygen atoms in total. The second-order valence-corrected chi connectivity index (χ2v) is 8.98. The Morgan fingerprint density at radius 2 is 1.94 bits per heavy atom. The lowest BCUT2D eigenvalue weighted by molar-refractivity contribution is -0.147. The molecule has 0 saturated heterocycles. The van der Waals surface area contributed by atoms with E-state index in [1.807, 2.05) is 31.2 Å². The van der Waals surface area contributed by atoms with Crippen LogP contribution in [0.25, 0.3) is 28.1 Å². The molecule has 0 fully saturated rings. The maximum atomic E-state index is 12.8. The average Bonchev–Trinajstić information content (AvgIpc) is 2.99. The number of sulfonamides is 1. The molecule has 3 heterocycles. The number of allylic oxidation sites excluding steroid dienone is 4. The van der Waals surface area contributed by atoms with Crippen LogP contribution < -0.4 is 4.72 Å². The molecule has 164 valence electrons. The molecular weight excluding hydrogens is 443 g/mol. The molecule has 1 atom stereocenters. The van der Waals surface area contributed by atoms with Crippen LogP contribution in [0.1, 0.15) is 18.1 Å². The Bertz CT molecular complexity index is 1430. The van der Waals surface area contributed by atoms with Crippen molar-refractivity contribution in [3.8, 4) is 17.5 Å². The molecule has 0 aliphatic heterocycles. The highest BCUT2D eigenvalue weighted by Crippen LogP contribution is 2.36. The van der Waals surface area contributed by atoms with Gasteiger partial charge in [0, 0.05) is 23.5 Å². The minimum Gasteiger partial charge on any atom is -0.291 e. The fourth-order valence-electron chi connectivity index (χ4n) is 3.25. The van der Waals surface area contributed by atoms with Gasteiger partial charge in [0.25, 0.3) is 0 Å². The normalized spacial score (nSPS) is 14.7. The van der Waals surface area contributed by atoms with Crippen LogP contribution in [0.4, 0.5) is 13.2 Å². The monoisotopic (exact) mass is 459 g/mol. The van der Waals surface area contributed by atoms with E-state index in [2.05, 4.69) is 16.0 Å². The zero-order chi connectivity index (χ0) is 23.3. The zero-order valence-electron chi connectivity index (χ0n) is 16.8. The van der Waals surface area contributed by atoms with Crippen LogP contribution in [0.15, 0.2) is 53.7 Å². The van der Waals surface area contributed by atoms with Gasteiger partial charge in [-0.1, -0.05) is 6.08 Å². The molecule has 0 saturated carbocycles. The van der Waals surface area contributed by atoms with Gasteiger partial charge in [-0.15, -0.1) is 0 Å². The molecule has 1 aliphatic carbocycles. The highest BCUT2D eigenvalue weighted by Gasteiger charge is 2.39. The fraction of sp³-hybridized carbons (Fsp3) is 0.190. The van der Waals surface area contributed by atoms with Crippen molar-refractivity contribution in [2.45, 2.75) is 31.0 Å². The number of aromatic nitrogens is 3. The first kappa shape index (κ1) is 21.7. The topological polar surface area (TPSA) is 101 Å². The van der Waals surface area contributed by atoms with Gasteiger partial charge in [0.2, 0.25) is 10.0 Å². The number of hydrogen-bond acceptors (Lipinski definition) is 5. The van der Waals surface area contributed by atoms with Gasteiger partial charge < -0.3 is 0 Å². The van der Waals surface area contributed by atoms with E-state index in [1.54, 1.807) is 15.5 Å². The van der Waals surface area contributed by atoms with Crippen molar-refractivity contribution in [3.63, 3.8) is 0 Å². The number of alkyl halides is 3. The number of fused-ring (bicyclic) bond motifs is 1. The minimum atomic E-state index is -4.72. The number of halogens is 3. The molecular formula is C21H16F3N5O2S. The van der Waals surface area contributed by atoms with Crippen molar-refractivity contribution < 1.29 is 21.6 Å². The Labute approximate surface area is 181 Å². The standard InChI is InChI=1S/C21H16F3N5O2S/c1-12-8-16-17(9-25)19(29(14-4-3-5-14)20(16)27-10-12)18-7-6-15(11-26-18)32(30,31)28-13(2)21(22,23)24/h3-8,10-11,13,28H,1-2H3. The lowest BCUT2D eigenvalue weighted by Gasteiger charge is -2.17. The summed E-state index contributed by atoms with van der Waals surface area (Å²) in [6.45, 7) is 2.56. The van der Waals surface area contributed by atoms with Gasteiger partial charge in [0.05, 0.1) is 17.0 Å². The van der Waals surface area contributed by atoms with Crippen molar-refractivity contribution in [2.24, 2.45) is 0 Å². The second-order valence-electron chi connectivity index (χ2n) is 7.27. The number of aryl methyl sites for hydroxylation is 1. The maximum Gasteiger partial charge on any atom is 0.404 e. The highest BCUT2D eigenvalue weighted by molar-refractivity contribution is 7.89. The molecule has 0 spiro atoms. The van der Waals surface area contributed by atoms with Crippen LogP contribution in [-0.4, -0.2) is 35.2 Å². The molecule has 1 unspecified atom stereocenters. The molecule has 0 radical (unpaired) electrons. The SMILES string of the molecule is Cc1cnc2c(c1)c(C#N)c(-c1ccc(S(=O)(=O)NC(C)C(F)(F)F)cn1)n2C1=CC=C1. The quantitative estimate of drug-likeness (QED) is 0.623. The van der Waals surface area contributed by atoms with Crippen molar-refractivity contribution in [1.82, 2.24) is 19.3 Å². The zero-order valence-corrected chi connectivity index (χ0v) is 17.7. The maximum absolute atomic E-state index is 12.8. The summed E-state index contributed by atoms with van der Waals surface area (Å²) in [6, 6.07) is 4.24. The van der Waals surface area contributed by atoms with Crippen molar-refractivity contribution in [1.29, 1.82) is 5.26 Å². The largest absolute Gasteiger partial charge is 0.404 e. The van der Waals surface area contributed by atoms with Crippen molar-refractivity contribution in [3.05, 3.63) is 59.9 Å². The van der Waals surface area contributed by atoms with E-state index < -0.39 is 27.1 Å². The fourth-order valence-corrected chi connectivity index (χ4v) is 4.43. The van der Waals surface area contributed by atoms with Crippen molar-refractivity contribution >= 4 is 26.8 Å². The van der Waals surface area contributed by atoms with Gasteiger partial charge in [-0.25, -0.2) is 13.4 Å². The lowest BCUT2D eigenvalue weighted by Crippen LogP contribution is -2.42. The van der Waals surface area contributed by atoms with Crippen LogP contribution in [0.2, 0.25) is 0 Å². The summed E-state index contributed by atoms with van der Waals surface area (Å²) in [5.74, 6) is 0. The summed E-state index contributed by atoms with van der Waals surface area (Å²) in [7, 11) is -4.45. The van der Waals surface area contributed by atoms with Crippen LogP contribution in [0.3, 0.4) is 0 Å². The smallest absolute Gasteiger partial charge is 0.291 e. The predicted octanol–water partition coefficient (Wildman–Crippen LogP) is 3.92. The molecule has 1 aliphatic rings. The minimum absolute atomic E-state index is 0.279. The summed E-state index contributed by atoms with van der Waals surface area (Å²) in [5, 5.41) is 10.5. The van der Waals surface area contributed by atoms with Crippen molar-refractivity contribution in [2.75, 3.05) is 0 Å². The summed E-state index contributed by atoms with van der Waals surface area (Å²) >= 11 is 0. The lowest BCUT2D eigenvalue weighted by atomic mass is 10.1. The van der Waals surface area contributed by atoms with E-state index in [0.717, 1.165) is 23.5 Å². The Morgan fingerprint density at radius 3 is 2.47 bits per heavy atom. The summed E-state index contributed by atoms with van der Waals surface area (Å²) in [5.41, 5.74) is 3.16. The molecule has 0 amide bonds. The predicted molar refractivity (Wildman–Crippen MR) is 112 cm³/mol. The molecule has 1 N–H and O–H groups in total. The Balaban J connectivity index is 1.82. The highest BCUT2D eigenvalue weighted by atomic mass is 32.2. The number of pyridine rings is 2. The number of rotatable bonds is 5. The third kappa shape index (κ3) is 3.68. The Hall–Kier alpha value is -3.49. The van der Waals surface area contributed by atoms with E-state index in [0.29, 0.717) is 29.2 Å².